The number of amides is 2. The van der Waals surface area contributed by atoms with Crippen LogP contribution in [0.3, 0.4) is 0 Å². The molecule has 11 nitrogen and oxygen atoms in total. The van der Waals surface area contributed by atoms with Crippen LogP contribution >= 0.6 is 0 Å². The maximum Gasteiger partial charge on any atom is 0.410 e. The second-order valence-electron chi connectivity index (χ2n) is 12.9. The van der Waals surface area contributed by atoms with Gasteiger partial charge in [-0.1, -0.05) is 12.1 Å². The summed E-state index contributed by atoms with van der Waals surface area (Å²) in [4.78, 5) is 29.2. The summed E-state index contributed by atoms with van der Waals surface area (Å²) in [6.07, 6.45) is 8.65. The number of aromatic nitrogens is 4. The van der Waals surface area contributed by atoms with E-state index in [1.807, 2.05) is 74.1 Å². The first kappa shape index (κ1) is 29.1. The van der Waals surface area contributed by atoms with Crippen LogP contribution in [-0.2, 0) is 20.7 Å². The molecule has 3 atom stereocenters. The lowest BCUT2D eigenvalue weighted by molar-refractivity contribution is -0.115. The summed E-state index contributed by atoms with van der Waals surface area (Å²) in [7, 11) is 2.02. The van der Waals surface area contributed by atoms with Crippen molar-refractivity contribution in [2.45, 2.75) is 90.1 Å². The highest BCUT2D eigenvalue weighted by Crippen LogP contribution is 2.40. The zero-order chi connectivity index (χ0) is 30.3. The van der Waals surface area contributed by atoms with Crippen molar-refractivity contribution in [2.75, 3.05) is 30.4 Å². The van der Waals surface area contributed by atoms with Crippen molar-refractivity contribution in [3.63, 3.8) is 0 Å². The number of carbonyl (C=O) groups is 2. The quantitative estimate of drug-likeness (QED) is 0.421. The summed E-state index contributed by atoms with van der Waals surface area (Å²) in [5.74, 6) is 0.726. The number of hydrogen-bond donors (Lipinski definition) is 1. The Hall–Kier alpha value is -3.99. The van der Waals surface area contributed by atoms with Gasteiger partial charge in [-0.3, -0.25) is 4.79 Å². The minimum atomic E-state index is -0.516. The zero-order valence-corrected chi connectivity index (χ0v) is 25.7. The van der Waals surface area contributed by atoms with Gasteiger partial charge >= 0.3 is 6.09 Å². The van der Waals surface area contributed by atoms with Gasteiger partial charge in [-0.25, -0.2) is 9.48 Å². The average Bonchev–Trinajstić information content (AvgIpc) is 3.63. The van der Waals surface area contributed by atoms with Gasteiger partial charge in [0.1, 0.15) is 11.8 Å². The maximum atomic E-state index is 12.6. The lowest BCUT2D eigenvalue weighted by Crippen LogP contribution is -2.51. The predicted molar refractivity (Wildman–Crippen MR) is 164 cm³/mol. The molecule has 43 heavy (non-hydrogen) atoms. The van der Waals surface area contributed by atoms with Crippen LogP contribution in [0.25, 0.3) is 22.4 Å². The molecule has 2 amide bonds. The van der Waals surface area contributed by atoms with Crippen molar-refractivity contribution in [2.24, 2.45) is 0 Å². The zero-order valence-electron chi connectivity index (χ0n) is 25.7. The lowest BCUT2D eigenvalue weighted by atomic mass is 9.95. The predicted octanol–water partition coefficient (Wildman–Crippen LogP) is 5.43. The number of rotatable bonds is 5. The van der Waals surface area contributed by atoms with Gasteiger partial charge in [0, 0.05) is 49.6 Å². The molecule has 0 aliphatic carbocycles. The smallest absolute Gasteiger partial charge is 0.410 e. The highest BCUT2D eigenvalue weighted by Gasteiger charge is 2.34. The fraction of sp³-hybridized carbons (Fsp3) is 0.531. The van der Waals surface area contributed by atoms with Crippen LogP contribution in [0.5, 0.6) is 0 Å². The monoisotopic (exact) mass is 587 g/mol. The molecule has 5 heterocycles. The van der Waals surface area contributed by atoms with E-state index >= 15 is 0 Å². The number of hydrogen-bond acceptors (Lipinski definition) is 8. The van der Waals surface area contributed by atoms with E-state index in [0.717, 1.165) is 72.5 Å². The van der Waals surface area contributed by atoms with Crippen molar-refractivity contribution in [1.82, 2.24) is 24.9 Å². The molecule has 1 N–H and O–H groups in total. The molecule has 0 spiro atoms. The number of carbonyl (C=O) groups excluding carboxylic acids is 2. The molecule has 2 saturated heterocycles. The molecular formula is C32H41N7O4. The number of likely N-dealkylation sites (tertiary alicyclic amines) is 1. The molecule has 3 aromatic rings. The molecule has 0 saturated carbocycles. The van der Waals surface area contributed by atoms with Crippen molar-refractivity contribution >= 4 is 23.5 Å². The fourth-order valence-corrected chi connectivity index (χ4v) is 6.30. The van der Waals surface area contributed by atoms with Gasteiger partial charge in [-0.15, -0.1) is 10.2 Å². The number of nitrogens with zero attached hydrogens (tertiary/aromatic N) is 6. The Morgan fingerprint density at radius 3 is 2.63 bits per heavy atom. The summed E-state index contributed by atoms with van der Waals surface area (Å²) in [6, 6.07) is 8.23. The van der Waals surface area contributed by atoms with Gasteiger partial charge in [0.15, 0.2) is 5.82 Å². The SMILES string of the molecule is C[C@@H]1C[C@H](N(C)c2ccc(-c3ccc(-c4cnn(C5CCCCO5)c4)c4c3NC(=O)C4)nn2)CCN1C(=O)OC(C)(C)C. The van der Waals surface area contributed by atoms with Crippen LogP contribution in [0.15, 0.2) is 36.7 Å². The van der Waals surface area contributed by atoms with Gasteiger partial charge in [0.05, 0.1) is 24.0 Å². The number of ether oxygens (including phenoxy) is 2. The van der Waals surface area contributed by atoms with Gasteiger partial charge in [0.25, 0.3) is 0 Å². The van der Waals surface area contributed by atoms with Gasteiger partial charge in [-0.2, -0.15) is 5.10 Å². The molecule has 0 radical (unpaired) electrons. The van der Waals surface area contributed by atoms with E-state index in [1.54, 1.807) is 0 Å². The standard InChI is InChI=1S/C32H41N7O4/c1-20-16-22(13-14-38(20)31(41)43-32(2,3)4)37(5)27-12-11-26(35-36-27)24-10-9-23(25-17-28(40)34-30(24)25)21-18-33-39(19-21)29-8-6-7-15-42-29/h9-12,18-20,22,29H,6-8,13-17H2,1-5H3,(H,34,40)/t20-,22-,29?/m1/s1. The van der Waals surface area contributed by atoms with E-state index in [2.05, 4.69) is 32.4 Å². The third kappa shape index (κ3) is 6.08. The topological polar surface area (TPSA) is 115 Å². The minimum Gasteiger partial charge on any atom is -0.444 e. The second kappa shape index (κ2) is 11.6. The van der Waals surface area contributed by atoms with Crippen molar-refractivity contribution < 1.29 is 19.1 Å². The van der Waals surface area contributed by atoms with Crippen LogP contribution in [0.4, 0.5) is 16.3 Å². The number of anilines is 2. The Bertz CT molecular complexity index is 1490. The molecular weight excluding hydrogens is 546 g/mol. The number of nitrogens with one attached hydrogen (secondary N) is 1. The van der Waals surface area contributed by atoms with Crippen molar-refractivity contribution in [3.8, 4) is 22.4 Å². The first-order valence-electron chi connectivity index (χ1n) is 15.3. The van der Waals surface area contributed by atoms with E-state index in [9.17, 15) is 9.59 Å². The summed E-state index contributed by atoms with van der Waals surface area (Å²) < 4.78 is 13.4. The Morgan fingerprint density at radius 1 is 1.12 bits per heavy atom. The summed E-state index contributed by atoms with van der Waals surface area (Å²) >= 11 is 0. The molecule has 11 heteroatoms. The van der Waals surface area contributed by atoms with Crippen molar-refractivity contribution in [3.05, 3.63) is 42.2 Å². The van der Waals surface area contributed by atoms with Gasteiger partial charge in [0.2, 0.25) is 5.91 Å². The molecule has 2 fully saturated rings. The van der Waals surface area contributed by atoms with Crippen molar-refractivity contribution in [1.29, 1.82) is 0 Å². The Morgan fingerprint density at radius 2 is 1.93 bits per heavy atom. The molecule has 1 aromatic carbocycles. The number of piperidine rings is 1. The van der Waals surface area contributed by atoms with E-state index < -0.39 is 5.60 Å². The third-order valence-electron chi connectivity index (χ3n) is 8.59. The van der Waals surface area contributed by atoms with Crippen LogP contribution < -0.4 is 10.2 Å². The van der Waals surface area contributed by atoms with Crippen LogP contribution in [-0.4, -0.2) is 74.8 Å². The molecule has 3 aliphatic heterocycles. The minimum absolute atomic E-state index is 0.0390. The lowest BCUT2D eigenvalue weighted by Gasteiger charge is -2.41. The molecule has 6 rings (SSSR count). The largest absolute Gasteiger partial charge is 0.444 e. The van der Waals surface area contributed by atoms with E-state index in [-0.39, 0.29) is 30.3 Å². The van der Waals surface area contributed by atoms with Crippen LogP contribution in [0.2, 0.25) is 0 Å². The van der Waals surface area contributed by atoms with Gasteiger partial charge in [-0.05, 0) is 83.1 Å². The molecule has 2 aromatic heterocycles. The molecule has 3 aliphatic rings. The summed E-state index contributed by atoms with van der Waals surface area (Å²) in [5.41, 5.74) is 4.69. The summed E-state index contributed by atoms with van der Waals surface area (Å²) in [6.45, 7) is 9.10. The highest BCUT2D eigenvalue weighted by molar-refractivity contribution is 6.06. The maximum absolute atomic E-state index is 12.6. The normalized spacial score (nSPS) is 22.2. The van der Waals surface area contributed by atoms with E-state index in [0.29, 0.717) is 18.7 Å². The van der Waals surface area contributed by atoms with E-state index in [4.69, 9.17) is 9.47 Å². The average molecular weight is 588 g/mol. The summed E-state index contributed by atoms with van der Waals surface area (Å²) in [5, 5.41) is 16.8. The Labute approximate surface area is 252 Å². The highest BCUT2D eigenvalue weighted by atomic mass is 16.6. The van der Waals surface area contributed by atoms with Gasteiger partial charge < -0.3 is 24.6 Å². The number of fused-ring (bicyclic) bond motifs is 1. The Kier molecular flexibility index (Phi) is 7.85. The second-order valence-corrected chi connectivity index (χ2v) is 12.9. The third-order valence-corrected chi connectivity index (χ3v) is 8.59. The number of benzene rings is 1. The molecule has 228 valence electrons. The fourth-order valence-electron chi connectivity index (χ4n) is 6.30. The van der Waals surface area contributed by atoms with E-state index in [1.165, 1.54) is 0 Å². The van der Waals surface area contributed by atoms with Crippen LogP contribution in [0, 0.1) is 0 Å². The first-order valence-corrected chi connectivity index (χ1v) is 15.3. The first-order chi connectivity index (χ1) is 20.6. The van der Waals surface area contributed by atoms with Crippen LogP contribution in [0.1, 0.15) is 71.6 Å². The Balaban J connectivity index is 1.17. The molecule has 1 unspecified atom stereocenters. The molecule has 0 bridgehead atoms.